The highest BCUT2D eigenvalue weighted by molar-refractivity contribution is 6.24. The highest BCUT2D eigenvalue weighted by atomic mass is 14.7. The van der Waals surface area contributed by atoms with Crippen molar-refractivity contribution in [1.82, 2.24) is 4.98 Å². The molecule has 0 fully saturated rings. The quantitative estimate of drug-likeness (QED) is 0.156. The van der Waals surface area contributed by atoms with Crippen LogP contribution in [-0.2, 0) is 0 Å². The molecule has 1 heterocycles. The first-order valence-corrected chi connectivity index (χ1v) is 19.6. The fourth-order valence-corrected chi connectivity index (χ4v) is 8.61. The molecule has 10 rings (SSSR count). The van der Waals surface area contributed by atoms with Crippen molar-refractivity contribution in [3.63, 3.8) is 0 Å². The van der Waals surface area contributed by atoms with Gasteiger partial charge in [0.25, 0.3) is 0 Å². The number of pyridine rings is 1. The van der Waals surface area contributed by atoms with Gasteiger partial charge in [-0.2, -0.15) is 0 Å². The maximum atomic E-state index is 5.26. The number of aromatic nitrogens is 1. The molecular weight excluding hydrogens is 687 g/mol. The first-order chi connectivity index (χ1) is 28.2. The van der Waals surface area contributed by atoms with Crippen molar-refractivity contribution in [1.29, 1.82) is 0 Å². The summed E-state index contributed by atoms with van der Waals surface area (Å²) >= 11 is 0. The molecule has 1 aromatic heterocycles. The van der Waals surface area contributed by atoms with Gasteiger partial charge in [-0.3, -0.25) is 0 Å². The Labute approximate surface area is 332 Å². The smallest absolute Gasteiger partial charge is 0.0781 e. The molecule has 57 heavy (non-hydrogen) atoms. The van der Waals surface area contributed by atoms with Crippen LogP contribution in [0.15, 0.2) is 200 Å². The fourth-order valence-electron chi connectivity index (χ4n) is 8.61. The minimum atomic E-state index is 0.929. The summed E-state index contributed by atoms with van der Waals surface area (Å²) in [4.78, 5) is 5.26. The summed E-state index contributed by atoms with van der Waals surface area (Å²) in [5.41, 5.74) is 12.7. The molecule has 0 radical (unpaired) electrons. The summed E-state index contributed by atoms with van der Waals surface area (Å²) in [5, 5.41) is 10.4. The van der Waals surface area contributed by atoms with Gasteiger partial charge < -0.3 is 0 Å². The number of nitrogens with zero attached hydrogens (tertiary/aromatic N) is 1. The molecular formula is C56H39N. The predicted octanol–water partition coefficient (Wildman–Crippen LogP) is 13.8. The SMILES string of the molecule is C=c1/c(=C\C=C/C)ccc2ccc(-c3ccc(-c4c5ccccc5c(-c5cc(-c6ccccc6)cc(-c6ccccc6)c5)c5ccccc45)c4ccccc34)nc12. The van der Waals surface area contributed by atoms with Crippen molar-refractivity contribution < 1.29 is 0 Å². The van der Waals surface area contributed by atoms with Crippen LogP contribution in [0.3, 0.4) is 0 Å². The van der Waals surface area contributed by atoms with E-state index in [9.17, 15) is 0 Å². The van der Waals surface area contributed by atoms with Crippen LogP contribution >= 0.6 is 0 Å². The van der Waals surface area contributed by atoms with Gasteiger partial charge in [0.05, 0.1) is 11.2 Å². The van der Waals surface area contributed by atoms with Crippen LogP contribution in [0.4, 0.5) is 0 Å². The second-order valence-electron chi connectivity index (χ2n) is 14.7. The van der Waals surface area contributed by atoms with Crippen molar-refractivity contribution in [3.05, 3.63) is 211 Å². The van der Waals surface area contributed by atoms with E-state index in [0.29, 0.717) is 0 Å². The summed E-state index contributed by atoms with van der Waals surface area (Å²) < 4.78 is 0. The van der Waals surface area contributed by atoms with Crippen LogP contribution < -0.4 is 10.4 Å². The van der Waals surface area contributed by atoms with Crippen molar-refractivity contribution in [2.75, 3.05) is 0 Å². The summed E-state index contributed by atoms with van der Waals surface area (Å²) in [6.07, 6.45) is 6.18. The zero-order chi connectivity index (χ0) is 38.3. The summed E-state index contributed by atoms with van der Waals surface area (Å²) in [7, 11) is 0. The third-order valence-electron chi connectivity index (χ3n) is 11.3. The van der Waals surface area contributed by atoms with Gasteiger partial charge in [-0.05, 0) is 113 Å². The summed E-state index contributed by atoms with van der Waals surface area (Å²) in [5.74, 6) is 0. The molecule has 9 aromatic carbocycles. The third-order valence-corrected chi connectivity index (χ3v) is 11.3. The van der Waals surface area contributed by atoms with Crippen LogP contribution in [0.5, 0.6) is 0 Å². The van der Waals surface area contributed by atoms with Gasteiger partial charge >= 0.3 is 0 Å². The minimum Gasteiger partial charge on any atom is -0.247 e. The van der Waals surface area contributed by atoms with Crippen molar-refractivity contribution in [2.24, 2.45) is 0 Å². The highest BCUT2D eigenvalue weighted by Crippen LogP contribution is 2.47. The van der Waals surface area contributed by atoms with Gasteiger partial charge in [0.1, 0.15) is 0 Å². The molecule has 1 nitrogen and oxygen atoms in total. The Bertz CT molecular complexity index is 3190. The number of fused-ring (bicyclic) bond motifs is 4. The van der Waals surface area contributed by atoms with Crippen molar-refractivity contribution >= 4 is 55.9 Å². The van der Waals surface area contributed by atoms with Crippen LogP contribution in [0.1, 0.15) is 6.92 Å². The Hall–Kier alpha value is -7.35. The lowest BCUT2D eigenvalue weighted by atomic mass is 9.83. The topological polar surface area (TPSA) is 12.9 Å². The first-order valence-electron chi connectivity index (χ1n) is 19.6. The van der Waals surface area contributed by atoms with E-state index in [1.807, 2.05) is 13.0 Å². The van der Waals surface area contributed by atoms with Crippen LogP contribution in [-0.4, -0.2) is 4.98 Å². The summed E-state index contributed by atoms with van der Waals surface area (Å²) in [6.45, 7) is 6.48. The molecule has 0 spiro atoms. The van der Waals surface area contributed by atoms with Crippen LogP contribution in [0.2, 0.25) is 0 Å². The van der Waals surface area contributed by atoms with Gasteiger partial charge in [0.15, 0.2) is 0 Å². The fraction of sp³-hybridized carbons (Fsp3) is 0.0179. The normalized spacial score (nSPS) is 12.1. The van der Waals surface area contributed by atoms with Gasteiger partial charge in [-0.1, -0.05) is 189 Å². The Kier molecular flexibility index (Phi) is 8.62. The van der Waals surface area contributed by atoms with Crippen LogP contribution in [0, 0.1) is 0 Å². The van der Waals surface area contributed by atoms with E-state index >= 15 is 0 Å². The second kappa shape index (κ2) is 14.4. The predicted molar refractivity (Wildman–Crippen MR) is 245 cm³/mol. The highest BCUT2D eigenvalue weighted by Gasteiger charge is 2.20. The van der Waals surface area contributed by atoms with Gasteiger partial charge in [-0.25, -0.2) is 4.98 Å². The standard InChI is InChI=1S/C56H39N/c1-3-4-17-38-28-29-41-30-33-53(57-56(41)37(38)2)47-31-32-52(46-23-12-11-22-45(46)47)55-50-26-15-13-24-48(50)54(49-25-14-16-27-51(49)55)44-35-42(39-18-7-5-8-19-39)34-43(36-44)40-20-9-6-10-21-40/h3-36H,2H2,1H3/b4-3-,38-17-. The molecule has 0 amide bonds. The second-order valence-corrected chi connectivity index (χ2v) is 14.7. The maximum Gasteiger partial charge on any atom is 0.0781 e. The van der Waals surface area contributed by atoms with E-state index in [1.54, 1.807) is 0 Å². The van der Waals surface area contributed by atoms with Gasteiger partial charge in [-0.15, -0.1) is 0 Å². The lowest BCUT2D eigenvalue weighted by molar-refractivity contribution is 1.38. The third kappa shape index (κ3) is 6.02. The Morgan fingerprint density at radius 3 is 1.47 bits per heavy atom. The number of hydrogen-bond acceptors (Lipinski definition) is 1. The number of benzene rings is 9. The molecule has 0 N–H and O–H groups in total. The van der Waals surface area contributed by atoms with Crippen LogP contribution in [0.25, 0.3) is 112 Å². The maximum absolute atomic E-state index is 5.26. The first kappa shape index (κ1) is 34.2. The van der Waals surface area contributed by atoms with Gasteiger partial charge in [0.2, 0.25) is 0 Å². The molecule has 0 aliphatic rings. The number of hydrogen-bond donors (Lipinski definition) is 0. The van der Waals surface area contributed by atoms with Crippen molar-refractivity contribution in [2.45, 2.75) is 6.92 Å². The van der Waals surface area contributed by atoms with Crippen molar-refractivity contribution in [3.8, 4) is 55.8 Å². The monoisotopic (exact) mass is 725 g/mol. The number of allylic oxidation sites excluding steroid dienone is 2. The van der Waals surface area contributed by atoms with E-state index in [0.717, 1.165) is 32.6 Å². The zero-order valence-electron chi connectivity index (χ0n) is 31.8. The summed E-state index contributed by atoms with van der Waals surface area (Å²) in [6, 6.07) is 68.3. The minimum absolute atomic E-state index is 0.929. The van der Waals surface area contributed by atoms with E-state index in [2.05, 4.69) is 207 Å². The molecule has 0 aliphatic heterocycles. The molecule has 1 heteroatoms. The molecule has 0 saturated carbocycles. The Morgan fingerprint density at radius 2 is 0.895 bits per heavy atom. The molecule has 268 valence electrons. The molecule has 0 unspecified atom stereocenters. The molecule has 0 saturated heterocycles. The largest absolute Gasteiger partial charge is 0.247 e. The van der Waals surface area contributed by atoms with E-state index in [4.69, 9.17) is 4.98 Å². The zero-order valence-corrected chi connectivity index (χ0v) is 31.8. The Balaban J connectivity index is 1.22. The average molecular weight is 726 g/mol. The molecule has 0 bridgehead atoms. The number of rotatable bonds is 6. The Morgan fingerprint density at radius 1 is 0.421 bits per heavy atom. The van der Waals surface area contributed by atoms with E-state index in [1.165, 1.54) is 76.8 Å². The molecule has 0 atom stereocenters. The molecule has 0 aliphatic carbocycles. The average Bonchev–Trinajstić information content (AvgIpc) is 3.28. The van der Waals surface area contributed by atoms with E-state index in [-0.39, 0.29) is 0 Å². The lowest BCUT2D eigenvalue weighted by Gasteiger charge is -2.20. The van der Waals surface area contributed by atoms with E-state index < -0.39 is 0 Å². The van der Waals surface area contributed by atoms with Gasteiger partial charge in [0, 0.05) is 16.2 Å². The molecule has 10 aromatic rings. The lowest BCUT2D eigenvalue weighted by Crippen LogP contribution is -2.24.